The summed E-state index contributed by atoms with van der Waals surface area (Å²) in [6, 6.07) is 12.5. The van der Waals surface area contributed by atoms with Crippen LogP contribution in [-0.4, -0.2) is 37.1 Å². The Labute approximate surface area is 117 Å². The average molecular weight is 259 g/mol. The molecule has 0 aliphatic rings. The zero-order chi connectivity index (χ0) is 14.1. The predicted octanol–water partition coefficient (Wildman–Crippen LogP) is 2.61. The minimum Gasteiger partial charge on any atom is -0.303 e. The summed E-state index contributed by atoms with van der Waals surface area (Å²) in [7, 11) is 0. The lowest BCUT2D eigenvalue weighted by Gasteiger charge is -2.22. The number of likely N-dealkylation sites (N-methyl/N-ethyl adjacent to an activating group) is 1. The van der Waals surface area contributed by atoms with Crippen molar-refractivity contribution >= 4 is 0 Å². The molecule has 3 heteroatoms. The standard InChI is InChI=1S/C16H25N3/c1-4-19(5-2)12-11-18-16(13-17)14(3)15-9-7-6-8-10-15/h6-10,14,16,18H,4-5,11-12H2,1-3H3. The quantitative estimate of drug-likeness (QED) is 0.780. The molecule has 0 aliphatic carbocycles. The molecule has 0 saturated heterocycles. The van der Waals surface area contributed by atoms with Gasteiger partial charge in [0.2, 0.25) is 0 Å². The van der Waals surface area contributed by atoms with Crippen LogP contribution in [0.3, 0.4) is 0 Å². The summed E-state index contributed by atoms with van der Waals surface area (Å²) in [5.41, 5.74) is 1.21. The van der Waals surface area contributed by atoms with E-state index in [4.69, 9.17) is 0 Å². The van der Waals surface area contributed by atoms with Crippen LogP contribution in [0.15, 0.2) is 30.3 Å². The van der Waals surface area contributed by atoms with Crippen LogP contribution in [0.25, 0.3) is 0 Å². The van der Waals surface area contributed by atoms with E-state index >= 15 is 0 Å². The number of hydrogen-bond donors (Lipinski definition) is 1. The van der Waals surface area contributed by atoms with Gasteiger partial charge in [0.05, 0.1) is 6.07 Å². The molecule has 2 atom stereocenters. The highest BCUT2D eigenvalue weighted by atomic mass is 15.1. The minimum atomic E-state index is -0.127. The van der Waals surface area contributed by atoms with Crippen LogP contribution in [0, 0.1) is 11.3 Å². The molecule has 2 unspecified atom stereocenters. The average Bonchev–Trinajstić information content (AvgIpc) is 2.48. The Morgan fingerprint density at radius 2 is 1.84 bits per heavy atom. The first-order valence-electron chi connectivity index (χ1n) is 7.13. The first-order chi connectivity index (χ1) is 9.22. The number of rotatable bonds is 8. The summed E-state index contributed by atoms with van der Waals surface area (Å²) in [5.74, 6) is 0.211. The molecule has 1 rings (SSSR count). The molecule has 3 nitrogen and oxygen atoms in total. The van der Waals surface area contributed by atoms with E-state index in [1.165, 1.54) is 5.56 Å². The lowest BCUT2D eigenvalue weighted by molar-refractivity contribution is 0.297. The van der Waals surface area contributed by atoms with Crippen molar-refractivity contribution in [3.8, 4) is 6.07 Å². The van der Waals surface area contributed by atoms with Crippen molar-refractivity contribution in [2.75, 3.05) is 26.2 Å². The number of nitrogens with one attached hydrogen (secondary N) is 1. The molecular weight excluding hydrogens is 234 g/mol. The first-order valence-corrected chi connectivity index (χ1v) is 7.13. The summed E-state index contributed by atoms with van der Waals surface area (Å²) in [5, 5.41) is 12.7. The molecule has 19 heavy (non-hydrogen) atoms. The van der Waals surface area contributed by atoms with Crippen molar-refractivity contribution < 1.29 is 0 Å². The maximum Gasteiger partial charge on any atom is 0.102 e. The SMILES string of the molecule is CCN(CC)CCNC(C#N)C(C)c1ccccc1. The van der Waals surface area contributed by atoms with Crippen LogP contribution in [-0.2, 0) is 0 Å². The van der Waals surface area contributed by atoms with Crippen molar-refractivity contribution in [2.45, 2.75) is 32.7 Å². The van der Waals surface area contributed by atoms with E-state index in [-0.39, 0.29) is 12.0 Å². The summed E-state index contributed by atoms with van der Waals surface area (Å²) in [4.78, 5) is 2.36. The third-order valence-corrected chi connectivity index (χ3v) is 3.65. The minimum absolute atomic E-state index is 0.127. The van der Waals surface area contributed by atoms with Crippen molar-refractivity contribution in [3.63, 3.8) is 0 Å². The lowest BCUT2D eigenvalue weighted by Crippen LogP contribution is -2.38. The van der Waals surface area contributed by atoms with Crippen LogP contribution < -0.4 is 5.32 Å². The summed E-state index contributed by atoms with van der Waals surface area (Å²) < 4.78 is 0. The molecule has 0 radical (unpaired) electrons. The Hall–Kier alpha value is -1.37. The normalized spacial score (nSPS) is 14.1. The van der Waals surface area contributed by atoms with Gasteiger partial charge in [-0.2, -0.15) is 5.26 Å². The molecule has 0 bridgehead atoms. The highest BCUT2D eigenvalue weighted by molar-refractivity contribution is 5.22. The van der Waals surface area contributed by atoms with Gasteiger partial charge in [-0.25, -0.2) is 0 Å². The fourth-order valence-corrected chi connectivity index (χ4v) is 2.20. The Morgan fingerprint density at radius 1 is 1.21 bits per heavy atom. The Balaban J connectivity index is 2.48. The molecule has 0 heterocycles. The summed E-state index contributed by atoms with van der Waals surface area (Å²) in [6.45, 7) is 10.4. The van der Waals surface area contributed by atoms with E-state index in [2.05, 4.69) is 49.2 Å². The van der Waals surface area contributed by atoms with Gasteiger partial charge >= 0.3 is 0 Å². The Bertz CT molecular complexity index is 379. The van der Waals surface area contributed by atoms with E-state index in [1.807, 2.05) is 18.2 Å². The largest absolute Gasteiger partial charge is 0.303 e. The topological polar surface area (TPSA) is 39.1 Å². The van der Waals surface area contributed by atoms with E-state index < -0.39 is 0 Å². The van der Waals surface area contributed by atoms with E-state index in [9.17, 15) is 5.26 Å². The molecule has 0 fully saturated rings. The van der Waals surface area contributed by atoms with Crippen LogP contribution in [0.5, 0.6) is 0 Å². The maximum absolute atomic E-state index is 9.31. The van der Waals surface area contributed by atoms with Crippen LogP contribution >= 0.6 is 0 Å². The van der Waals surface area contributed by atoms with E-state index in [1.54, 1.807) is 0 Å². The second-order valence-electron chi connectivity index (χ2n) is 4.79. The second-order valence-corrected chi connectivity index (χ2v) is 4.79. The van der Waals surface area contributed by atoms with Gasteiger partial charge in [0, 0.05) is 19.0 Å². The summed E-state index contributed by atoms with van der Waals surface area (Å²) in [6.07, 6.45) is 0. The number of nitriles is 1. The van der Waals surface area contributed by atoms with Crippen LogP contribution in [0.1, 0.15) is 32.3 Å². The molecule has 1 N–H and O–H groups in total. The van der Waals surface area contributed by atoms with Crippen molar-refractivity contribution in [1.82, 2.24) is 10.2 Å². The van der Waals surface area contributed by atoms with Crippen molar-refractivity contribution in [1.29, 1.82) is 5.26 Å². The third-order valence-electron chi connectivity index (χ3n) is 3.65. The fourth-order valence-electron chi connectivity index (χ4n) is 2.20. The zero-order valence-electron chi connectivity index (χ0n) is 12.3. The second kappa shape index (κ2) is 8.68. The van der Waals surface area contributed by atoms with Crippen molar-refractivity contribution in [2.24, 2.45) is 0 Å². The van der Waals surface area contributed by atoms with Gasteiger partial charge in [-0.05, 0) is 18.7 Å². The van der Waals surface area contributed by atoms with Crippen molar-refractivity contribution in [3.05, 3.63) is 35.9 Å². The fraction of sp³-hybridized carbons (Fsp3) is 0.562. The van der Waals surface area contributed by atoms with E-state index in [0.29, 0.717) is 0 Å². The third kappa shape index (κ3) is 5.02. The highest BCUT2D eigenvalue weighted by Gasteiger charge is 2.17. The number of hydrogen-bond acceptors (Lipinski definition) is 3. The van der Waals surface area contributed by atoms with Crippen LogP contribution in [0.4, 0.5) is 0 Å². The summed E-state index contributed by atoms with van der Waals surface area (Å²) >= 11 is 0. The van der Waals surface area contributed by atoms with Gasteiger partial charge in [-0.3, -0.25) is 0 Å². The predicted molar refractivity (Wildman–Crippen MR) is 80.0 cm³/mol. The van der Waals surface area contributed by atoms with Gasteiger partial charge in [0.15, 0.2) is 0 Å². The molecule has 104 valence electrons. The molecular formula is C16H25N3. The Kier molecular flexibility index (Phi) is 7.17. The first kappa shape index (κ1) is 15.7. The Morgan fingerprint density at radius 3 is 2.37 bits per heavy atom. The molecule has 0 aromatic heterocycles. The molecule has 0 aliphatic heterocycles. The monoisotopic (exact) mass is 259 g/mol. The molecule has 0 saturated carbocycles. The van der Waals surface area contributed by atoms with Gasteiger partial charge in [0.1, 0.15) is 6.04 Å². The molecule has 0 spiro atoms. The number of nitrogens with zero attached hydrogens (tertiary/aromatic N) is 2. The zero-order valence-corrected chi connectivity index (χ0v) is 12.3. The van der Waals surface area contributed by atoms with Gasteiger partial charge < -0.3 is 10.2 Å². The smallest absolute Gasteiger partial charge is 0.102 e. The molecule has 0 amide bonds. The van der Waals surface area contributed by atoms with Gasteiger partial charge in [0.25, 0.3) is 0 Å². The number of benzene rings is 1. The lowest BCUT2D eigenvalue weighted by atomic mass is 9.94. The molecule has 1 aromatic rings. The molecule has 1 aromatic carbocycles. The van der Waals surface area contributed by atoms with Crippen LogP contribution in [0.2, 0.25) is 0 Å². The van der Waals surface area contributed by atoms with Gasteiger partial charge in [-0.1, -0.05) is 51.1 Å². The van der Waals surface area contributed by atoms with E-state index in [0.717, 1.165) is 26.2 Å². The van der Waals surface area contributed by atoms with Gasteiger partial charge in [-0.15, -0.1) is 0 Å². The highest BCUT2D eigenvalue weighted by Crippen LogP contribution is 2.18. The maximum atomic E-state index is 9.31.